The van der Waals surface area contributed by atoms with Gasteiger partial charge in [0.25, 0.3) is 5.56 Å². The molecule has 7 nitrogen and oxygen atoms in total. The number of carbonyl (C=O) groups is 1. The van der Waals surface area contributed by atoms with Gasteiger partial charge in [-0.25, -0.2) is 10.1 Å². The number of amides is 1. The summed E-state index contributed by atoms with van der Waals surface area (Å²) >= 11 is 0. The summed E-state index contributed by atoms with van der Waals surface area (Å²) in [5.41, 5.74) is 2.23. The SMILES string of the molecule is CC(C)CC(NC(=O)Cc1n[nH]c(=O)c2ccccc12)c1nc2ccccc2n1C. The maximum absolute atomic E-state index is 13.0. The minimum Gasteiger partial charge on any atom is -0.346 e. The molecule has 0 aliphatic carbocycles. The predicted octanol–water partition coefficient (Wildman–Crippen LogP) is 3.26. The Hall–Kier alpha value is -3.48. The zero-order chi connectivity index (χ0) is 21.3. The Morgan fingerprint density at radius 3 is 2.53 bits per heavy atom. The van der Waals surface area contributed by atoms with Crippen molar-refractivity contribution in [1.82, 2.24) is 25.1 Å². The molecule has 30 heavy (non-hydrogen) atoms. The summed E-state index contributed by atoms with van der Waals surface area (Å²) in [6, 6.07) is 14.9. The summed E-state index contributed by atoms with van der Waals surface area (Å²) in [6.45, 7) is 4.25. The van der Waals surface area contributed by atoms with E-state index in [4.69, 9.17) is 4.98 Å². The van der Waals surface area contributed by atoms with Crippen LogP contribution in [-0.2, 0) is 18.3 Å². The fourth-order valence-corrected chi connectivity index (χ4v) is 3.88. The Morgan fingerprint density at radius 1 is 1.10 bits per heavy atom. The molecule has 0 spiro atoms. The number of imidazole rings is 1. The summed E-state index contributed by atoms with van der Waals surface area (Å²) in [5, 5.41) is 11.0. The minimum absolute atomic E-state index is 0.0792. The number of aromatic nitrogens is 4. The summed E-state index contributed by atoms with van der Waals surface area (Å²) in [6.07, 6.45) is 0.846. The largest absolute Gasteiger partial charge is 0.346 e. The second kappa shape index (κ2) is 8.10. The van der Waals surface area contributed by atoms with Crippen LogP contribution in [0.25, 0.3) is 21.8 Å². The molecule has 4 rings (SSSR count). The maximum atomic E-state index is 13.0. The Kier molecular flexibility index (Phi) is 5.35. The van der Waals surface area contributed by atoms with Gasteiger partial charge in [-0.15, -0.1) is 0 Å². The van der Waals surface area contributed by atoms with E-state index in [1.807, 2.05) is 48.0 Å². The normalized spacial score (nSPS) is 12.5. The molecular formula is C23H25N5O2. The monoisotopic (exact) mass is 403 g/mol. The number of aryl methyl sites for hydroxylation is 1. The lowest BCUT2D eigenvalue weighted by Gasteiger charge is -2.20. The molecular weight excluding hydrogens is 378 g/mol. The molecule has 1 atom stereocenters. The molecule has 1 unspecified atom stereocenters. The van der Waals surface area contributed by atoms with Crippen molar-refractivity contribution in [2.24, 2.45) is 13.0 Å². The van der Waals surface area contributed by atoms with Crippen LogP contribution in [0, 0.1) is 5.92 Å². The number of benzene rings is 2. The third-order valence-corrected chi connectivity index (χ3v) is 5.28. The van der Waals surface area contributed by atoms with Crippen molar-refractivity contribution in [3.05, 3.63) is 70.4 Å². The van der Waals surface area contributed by atoms with Crippen molar-refractivity contribution >= 4 is 27.7 Å². The van der Waals surface area contributed by atoms with Crippen molar-refractivity contribution in [3.63, 3.8) is 0 Å². The molecule has 2 N–H and O–H groups in total. The highest BCUT2D eigenvalue weighted by atomic mass is 16.1. The highest BCUT2D eigenvalue weighted by Gasteiger charge is 2.22. The van der Waals surface area contributed by atoms with Gasteiger partial charge in [0.2, 0.25) is 5.91 Å². The molecule has 154 valence electrons. The van der Waals surface area contributed by atoms with Crippen LogP contribution >= 0.6 is 0 Å². The van der Waals surface area contributed by atoms with E-state index in [1.165, 1.54) is 0 Å². The molecule has 0 saturated carbocycles. The second-order valence-corrected chi connectivity index (χ2v) is 7.99. The van der Waals surface area contributed by atoms with Gasteiger partial charge in [-0.2, -0.15) is 5.10 Å². The van der Waals surface area contributed by atoms with Gasteiger partial charge in [0.1, 0.15) is 5.82 Å². The number of hydrogen-bond acceptors (Lipinski definition) is 4. The van der Waals surface area contributed by atoms with Gasteiger partial charge in [-0.1, -0.05) is 44.2 Å². The van der Waals surface area contributed by atoms with Gasteiger partial charge in [0.05, 0.1) is 34.6 Å². The lowest BCUT2D eigenvalue weighted by molar-refractivity contribution is -0.121. The first kappa shape index (κ1) is 19.8. The van der Waals surface area contributed by atoms with Crippen molar-refractivity contribution in [2.75, 3.05) is 0 Å². The van der Waals surface area contributed by atoms with Crippen molar-refractivity contribution < 1.29 is 4.79 Å². The second-order valence-electron chi connectivity index (χ2n) is 7.99. The van der Waals surface area contributed by atoms with Crippen LogP contribution in [0.2, 0.25) is 0 Å². The van der Waals surface area contributed by atoms with Crippen molar-refractivity contribution in [1.29, 1.82) is 0 Å². The van der Waals surface area contributed by atoms with E-state index < -0.39 is 0 Å². The molecule has 0 aliphatic heterocycles. The Labute approximate surface area is 174 Å². The van der Waals surface area contributed by atoms with E-state index in [0.29, 0.717) is 22.4 Å². The predicted molar refractivity (Wildman–Crippen MR) is 117 cm³/mol. The molecule has 2 aromatic carbocycles. The molecule has 4 aromatic rings. The van der Waals surface area contributed by atoms with Crippen LogP contribution in [0.3, 0.4) is 0 Å². The molecule has 2 aromatic heterocycles. The van der Waals surface area contributed by atoms with Crippen LogP contribution in [0.1, 0.15) is 37.8 Å². The van der Waals surface area contributed by atoms with Crippen molar-refractivity contribution in [3.8, 4) is 0 Å². The molecule has 0 fully saturated rings. The average Bonchev–Trinajstić information content (AvgIpc) is 3.06. The van der Waals surface area contributed by atoms with E-state index in [-0.39, 0.29) is 23.9 Å². The third kappa shape index (κ3) is 3.83. The van der Waals surface area contributed by atoms with Crippen LogP contribution in [0.5, 0.6) is 0 Å². The first-order valence-corrected chi connectivity index (χ1v) is 10.1. The van der Waals surface area contributed by atoms with E-state index >= 15 is 0 Å². The van der Waals surface area contributed by atoms with E-state index in [0.717, 1.165) is 23.3 Å². The minimum atomic E-state index is -0.257. The van der Waals surface area contributed by atoms with Crippen LogP contribution in [-0.4, -0.2) is 25.7 Å². The summed E-state index contributed by atoms with van der Waals surface area (Å²) in [4.78, 5) is 29.7. The number of H-pyrrole nitrogens is 1. The molecule has 0 aliphatic rings. The lowest BCUT2D eigenvalue weighted by atomic mass is 10.0. The molecule has 1 amide bonds. The third-order valence-electron chi connectivity index (χ3n) is 5.28. The number of carbonyl (C=O) groups excluding carboxylic acids is 1. The number of rotatable bonds is 6. The Balaban J connectivity index is 1.62. The molecule has 0 bridgehead atoms. The number of nitrogens with one attached hydrogen (secondary N) is 2. The fraction of sp³-hybridized carbons (Fsp3) is 0.304. The first-order chi connectivity index (χ1) is 14.4. The standard InChI is InChI=1S/C23H25N5O2/c1-14(2)12-19(22-25-17-10-6-7-11-20(17)28(22)3)24-21(29)13-18-15-8-4-5-9-16(15)23(30)27-26-18/h4-11,14,19H,12-13H2,1-3H3,(H,24,29)(H,27,30). The van der Waals surface area contributed by atoms with Crippen LogP contribution in [0.15, 0.2) is 53.3 Å². The van der Waals surface area contributed by atoms with Gasteiger partial charge in [0.15, 0.2) is 0 Å². The zero-order valence-corrected chi connectivity index (χ0v) is 17.3. The highest BCUT2D eigenvalue weighted by Crippen LogP contribution is 2.24. The Bertz CT molecular complexity index is 1270. The lowest BCUT2D eigenvalue weighted by Crippen LogP contribution is -2.33. The molecule has 2 heterocycles. The zero-order valence-electron chi connectivity index (χ0n) is 17.3. The van der Waals surface area contributed by atoms with Gasteiger partial charge in [-0.3, -0.25) is 9.59 Å². The smallest absolute Gasteiger partial charge is 0.272 e. The first-order valence-electron chi connectivity index (χ1n) is 10.1. The van der Waals surface area contributed by atoms with E-state index in [9.17, 15) is 9.59 Å². The van der Waals surface area contributed by atoms with E-state index in [2.05, 4.69) is 29.4 Å². The van der Waals surface area contributed by atoms with Crippen molar-refractivity contribution in [2.45, 2.75) is 32.7 Å². The average molecular weight is 403 g/mol. The fourth-order valence-electron chi connectivity index (χ4n) is 3.88. The topological polar surface area (TPSA) is 92.7 Å². The quantitative estimate of drug-likeness (QED) is 0.517. The number of aromatic amines is 1. The highest BCUT2D eigenvalue weighted by molar-refractivity contribution is 5.88. The molecule has 0 saturated heterocycles. The summed E-state index contributed by atoms with van der Waals surface area (Å²) in [5.74, 6) is 1.05. The number of nitrogens with zero attached hydrogens (tertiary/aromatic N) is 3. The van der Waals surface area contributed by atoms with Crippen LogP contribution < -0.4 is 10.9 Å². The number of para-hydroxylation sites is 2. The molecule has 7 heteroatoms. The van der Waals surface area contributed by atoms with Gasteiger partial charge >= 0.3 is 0 Å². The maximum Gasteiger partial charge on any atom is 0.272 e. The molecule has 0 radical (unpaired) electrons. The van der Waals surface area contributed by atoms with Gasteiger partial charge in [-0.05, 0) is 30.5 Å². The van der Waals surface area contributed by atoms with Gasteiger partial charge < -0.3 is 9.88 Å². The summed E-state index contributed by atoms with van der Waals surface area (Å²) in [7, 11) is 1.97. The van der Waals surface area contributed by atoms with E-state index in [1.54, 1.807) is 12.1 Å². The number of fused-ring (bicyclic) bond motifs is 2. The number of hydrogen-bond donors (Lipinski definition) is 2. The Morgan fingerprint density at radius 2 is 1.80 bits per heavy atom. The summed E-state index contributed by atoms with van der Waals surface area (Å²) < 4.78 is 2.04. The van der Waals surface area contributed by atoms with Gasteiger partial charge in [0, 0.05) is 12.4 Å². The van der Waals surface area contributed by atoms with Crippen LogP contribution in [0.4, 0.5) is 0 Å².